The minimum absolute atomic E-state index is 0.126. The topological polar surface area (TPSA) is 75.4 Å². The number of nitrogens with one attached hydrogen (secondary N) is 1. The molecule has 0 unspecified atom stereocenters. The maximum Gasteiger partial charge on any atom is 0.295 e. The molecule has 0 bridgehead atoms. The fourth-order valence-corrected chi connectivity index (χ4v) is 2.16. The van der Waals surface area contributed by atoms with Crippen LogP contribution in [0.4, 0.5) is 15.8 Å². The van der Waals surface area contributed by atoms with Crippen molar-refractivity contribution >= 4 is 23.0 Å². The minimum Gasteiger partial charge on any atom is -0.394 e. The maximum absolute atomic E-state index is 13.2. The first-order chi connectivity index (χ1) is 8.47. The highest BCUT2D eigenvalue weighted by Crippen LogP contribution is 2.39. The van der Waals surface area contributed by atoms with Gasteiger partial charge in [-0.05, 0) is 25.3 Å². The molecule has 0 heterocycles. The summed E-state index contributed by atoms with van der Waals surface area (Å²) in [6, 6.07) is 1.97. The average Bonchev–Trinajstić information content (AvgIpc) is 2.27. The minimum atomic E-state index is -0.833. The molecule has 1 aliphatic rings. The molecule has 2 N–H and O–H groups in total. The Labute approximate surface area is 108 Å². The van der Waals surface area contributed by atoms with Crippen LogP contribution in [0, 0.1) is 15.9 Å². The summed E-state index contributed by atoms with van der Waals surface area (Å²) in [4.78, 5) is 10.2. The van der Waals surface area contributed by atoms with Crippen molar-refractivity contribution in [1.82, 2.24) is 0 Å². The molecule has 1 fully saturated rings. The van der Waals surface area contributed by atoms with Crippen LogP contribution in [-0.4, -0.2) is 22.2 Å². The van der Waals surface area contributed by atoms with E-state index in [1.54, 1.807) is 0 Å². The molecule has 98 valence electrons. The standard InChI is InChI=1S/C11H12ClFN2O3/c12-7-4-9(10(15(17)18)5-8(7)13)14-11(6-16)2-1-3-11/h4-5,14,16H,1-3,6H2. The summed E-state index contributed by atoms with van der Waals surface area (Å²) >= 11 is 5.62. The van der Waals surface area contributed by atoms with Gasteiger partial charge in [-0.15, -0.1) is 0 Å². The van der Waals surface area contributed by atoms with Crippen LogP contribution in [0.2, 0.25) is 5.02 Å². The van der Waals surface area contributed by atoms with E-state index in [0.29, 0.717) is 0 Å². The highest BCUT2D eigenvalue weighted by atomic mass is 35.5. The van der Waals surface area contributed by atoms with Gasteiger partial charge in [-0.25, -0.2) is 4.39 Å². The summed E-state index contributed by atoms with van der Waals surface area (Å²) < 4.78 is 13.2. The van der Waals surface area contributed by atoms with Gasteiger partial charge < -0.3 is 10.4 Å². The van der Waals surface area contributed by atoms with Gasteiger partial charge in [0.05, 0.1) is 28.2 Å². The number of rotatable bonds is 4. The third-order valence-electron chi connectivity index (χ3n) is 3.25. The zero-order chi connectivity index (χ0) is 13.3. The number of halogens is 2. The van der Waals surface area contributed by atoms with E-state index < -0.39 is 16.3 Å². The SMILES string of the molecule is O=[N+]([O-])c1cc(F)c(Cl)cc1NC1(CO)CCC1. The molecule has 1 saturated carbocycles. The molecule has 2 rings (SSSR count). The number of hydrogen-bond acceptors (Lipinski definition) is 4. The molecule has 1 aromatic rings. The van der Waals surface area contributed by atoms with Crippen molar-refractivity contribution in [3.63, 3.8) is 0 Å². The van der Waals surface area contributed by atoms with E-state index in [4.69, 9.17) is 11.6 Å². The Bertz CT molecular complexity index is 486. The van der Waals surface area contributed by atoms with Crippen LogP contribution < -0.4 is 5.32 Å². The van der Waals surface area contributed by atoms with E-state index in [1.165, 1.54) is 6.07 Å². The van der Waals surface area contributed by atoms with Crippen molar-refractivity contribution in [2.75, 3.05) is 11.9 Å². The number of anilines is 1. The quantitative estimate of drug-likeness (QED) is 0.654. The lowest BCUT2D eigenvalue weighted by Gasteiger charge is -2.41. The van der Waals surface area contributed by atoms with E-state index in [-0.39, 0.29) is 23.0 Å². The summed E-state index contributed by atoms with van der Waals surface area (Å²) in [6.07, 6.45) is 2.38. The van der Waals surface area contributed by atoms with E-state index in [2.05, 4.69) is 5.32 Å². The Morgan fingerprint density at radius 1 is 1.56 bits per heavy atom. The van der Waals surface area contributed by atoms with Gasteiger partial charge in [0.25, 0.3) is 5.69 Å². The first-order valence-corrected chi connectivity index (χ1v) is 5.88. The monoisotopic (exact) mass is 274 g/mol. The lowest BCUT2D eigenvalue weighted by atomic mass is 9.77. The third kappa shape index (κ3) is 2.26. The number of aliphatic hydroxyl groups is 1. The fourth-order valence-electron chi connectivity index (χ4n) is 2.00. The third-order valence-corrected chi connectivity index (χ3v) is 3.54. The Morgan fingerprint density at radius 3 is 2.67 bits per heavy atom. The van der Waals surface area contributed by atoms with Crippen LogP contribution in [0.3, 0.4) is 0 Å². The normalized spacial score (nSPS) is 17.1. The van der Waals surface area contributed by atoms with Gasteiger partial charge in [-0.3, -0.25) is 10.1 Å². The molecule has 7 heteroatoms. The largest absolute Gasteiger partial charge is 0.394 e. The van der Waals surface area contributed by atoms with Crippen molar-refractivity contribution in [3.8, 4) is 0 Å². The van der Waals surface area contributed by atoms with Gasteiger partial charge >= 0.3 is 0 Å². The van der Waals surface area contributed by atoms with E-state index >= 15 is 0 Å². The molecule has 1 aromatic carbocycles. The Hall–Kier alpha value is -1.40. The summed E-state index contributed by atoms with van der Waals surface area (Å²) in [5, 5.41) is 22.9. The molecule has 5 nitrogen and oxygen atoms in total. The number of aliphatic hydroxyl groups excluding tert-OH is 1. The van der Waals surface area contributed by atoms with Crippen LogP contribution in [0.25, 0.3) is 0 Å². The van der Waals surface area contributed by atoms with Crippen LogP contribution in [-0.2, 0) is 0 Å². The van der Waals surface area contributed by atoms with Gasteiger partial charge in [-0.1, -0.05) is 11.6 Å². The van der Waals surface area contributed by atoms with E-state index in [0.717, 1.165) is 25.3 Å². The number of benzene rings is 1. The zero-order valence-corrected chi connectivity index (χ0v) is 10.2. The maximum atomic E-state index is 13.2. The molecular weight excluding hydrogens is 263 g/mol. The van der Waals surface area contributed by atoms with Crippen LogP contribution in [0.1, 0.15) is 19.3 Å². The van der Waals surface area contributed by atoms with Gasteiger partial charge in [-0.2, -0.15) is 0 Å². The highest BCUT2D eigenvalue weighted by Gasteiger charge is 2.37. The van der Waals surface area contributed by atoms with Crippen molar-refractivity contribution < 1.29 is 14.4 Å². The smallest absolute Gasteiger partial charge is 0.295 e. The van der Waals surface area contributed by atoms with E-state index in [1.807, 2.05) is 0 Å². The van der Waals surface area contributed by atoms with E-state index in [9.17, 15) is 19.6 Å². The predicted molar refractivity (Wildman–Crippen MR) is 65.4 cm³/mol. The molecule has 0 aromatic heterocycles. The molecular formula is C11H12ClFN2O3. The van der Waals surface area contributed by atoms with Gasteiger partial charge in [0.1, 0.15) is 11.5 Å². The van der Waals surface area contributed by atoms with Gasteiger partial charge in [0.15, 0.2) is 0 Å². The van der Waals surface area contributed by atoms with Crippen molar-refractivity contribution in [3.05, 3.63) is 33.1 Å². The summed E-state index contributed by atoms with van der Waals surface area (Å²) in [5.41, 5.74) is -0.789. The Morgan fingerprint density at radius 2 is 2.22 bits per heavy atom. The molecule has 0 spiro atoms. The van der Waals surface area contributed by atoms with Gasteiger partial charge in [0.2, 0.25) is 0 Å². The predicted octanol–water partition coefficient (Wildman–Crippen LogP) is 2.71. The first-order valence-electron chi connectivity index (χ1n) is 5.50. The molecule has 1 aliphatic carbocycles. The first kappa shape index (κ1) is 13.0. The highest BCUT2D eigenvalue weighted by molar-refractivity contribution is 6.31. The van der Waals surface area contributed by atoms with Crippen molar-refractivity contribution in [2.24, 2.45) is 0 Å². The number of hydrogen-bond donors (Lipinski definition) is 2. The lowest BCUT2D eigenvalue weighted by molar-refractivity contribution is -0.384. The Balaban J connectivity index is 2.36. The fraction of sp³-hybridized carbons (Fsp3) is 0.455. The molecule has 0 aliphatic heterocycles. The second-order valence-electron chi connectivity index (χ2n) is 4.46. The summed E-state index contributed by atoms with van der Waals surface area (Å²) in [7, 11) is 0. The second kappa shape index (κ2) is 4.70. The van der Waals surface area contributed by atoms with Crippen molar-refractivity contribution in [2.45, 2.75) is 24.8 Å². The number of nitrogens with zero attached hydrogens (tertiary/aromatic N) is 1. The zero-order valence-electron chi connectivity index (χ0n) is 9.45. The summed E-state index contributed by atoms with van der Waals surface area (Å²) in [5.74, 6) is -0.833. The second-order valence-corrected chi connectivity index (χ2v) is 4.86. The number of nitro groups is 1. The average molecular weight is 275 g/mol. The van der Waals surface area contributed by atoms with Crippen LogP contribution in [0.15, 0.2) is 12.1 Å². The van der Waals surface area contributed by atoms with Crippen LogP contribution >= 0.6 is 11.6 Å². The molecule has 0 amide bonds. The Kier molecular flexibility index (Phi) is 3.41. The molecule has 0 radical (unpaired) electrons. The van der Waals surface area contributed by atoms with Crippen molar-refractivity contribution in [1.29, 1.82) is 0 Å². The molecule has 0 saturated heterocycles. The summed E-state index contributed by atoms with van der Waals surface area (Å²) in [6.45, 7) is -0.126. The van der Waals surface area contributed by atoms with Crippen LogP contribution in [0.5, 0.6) is 0 Å². The lowest BCUT2D eigenvalue weighted by Crippen LogP contribution is -2.48. The van der Waals surface area contributed by atoms with Gasteiger partial charge in [0, 0.05) is 0 Å². The molecule has 18 heavy (non-hydrogen) atoms. The number of nitro benzene ring substituents is 1. The molecule has 0 atom stereocenters.